The molecule has 3 rings (SSSR count). The normalized spacial score (nSPS) is 25.3. The Morgan fingerprint density at radius 3 is 1.11 bits per heavy atom. The molecule has 3 fully saturated rings. The van der Waals surface area contributed by atoms with Gasteiger partial charge in [-0.1, -0.05) is 342 Å². The number of rotatable bonds is 76. The Hall–Kier alpha value is -2.79. The van der Waals surface area contributed by atoms with Crippen LogP contribution < -0.4 is 0 Å². The second kappa shape index (κ2) is 69.5. The number of aliphatic hydroxyl groups is 9. The molecule has 25 nitrogen and oxygen atoms in total. The topological polar surface area (TPSA) is 380 Å². The molecule has 0 radical (unpaired) electrons. The number of ether oxygens (including phenoxy) is 8. The first kappa shape index (κ1) is 108. The summed E-state index contributed by atoms with van der Waals surface area (Å²) >= 11 is 0. The Kier molecular flexibility index (Phi) is 64.4. The maximum absolute atomic E-state index is 14.9. The van der Waals surface area contributed by atoms with Crippen LogP contribution in [0, 0.1) is 5.92 Å². The van der Waals surface area contributed by atoms with Crippen LogP contribution in [0.5, 0.6) is 0 Å². The number of phosphoric acid groups is 1. The van der Waals surface area contributed by atoms with Crippen LogP contribution >= 0.6 is 7.82 Å². The molecule has 2 saturated heterocycles. The molecule has 0 bridgehead atoms. The van der Waals surface area contributed by atoms with Gasteiger partial charge in [-0.15, -0.1) is 0 Å². The van der Waals surface area contributed by atoms with E-state index in [4.69, 9.17) is 46.9 Å². The van der Waals surface area contributed by atoms with E-state index in [-0.39, 0.29) is 25.7 Å². The van der Waals surface area contributed by atoms with Gasteiger partial charge in [0.2, 0.25) is 0 Å². The molecule has 0 aromatic rings. The number of phosphoric ester groups is 1. The predicted octanol–water partition coefficient (Wildman–Crippen LogP) is 17.4. The summed E-state index contributed by atoms with van der Waals surface area (Å²) in [6, 6.07) is 0. The third-order valence-corrected chi connectivity index (χ3v) is 24.4. The lowest BCUT2D eigenvalue weighted by atomic mass is 9.84. The van der Waals surface area contributed by atoms with Crippen molar-refractivity contribution in [3.63, 3.8) is 0 Å². The van der Waals surface area contributed by atoms with E-state index < -0.39 is 162 Å². The van der Waals surface area contributed by atoms with Gasteiger partial charge < -0.3 is 88.7 Å². The fraction of sp³-hybridized carbons (Fsp3) is 0.934. The smallest absolute Gasteiger partial charge is 0.463 e. The van der Waals surface area contributed by atoms with Crippen molar-refractivity contribution in [2.75, 3.05) is 26.4 Å². The summed E-state index contributed by atoms with van der Waals surface area (Å²) in [5, 5.41) is 102. The van der Waals surface area contributed by atoms with Gasteiger partial charge in [0.15, 0.2) is 24.8 Å². The minimum atomic E-state index is -5.81. The van der Waals surface area contributed by atoms with Crippen molar-refractivity contribution < 1.29 is 122 Å². The average molecular weight is 1690 g/mol. The molecule has 19 atom stereocenters. The molecular weight excluding hydrogens is 1520 g/mol. The lowest BCUT2D eigenvalue weighted by molar-refractivity contribution is -0.360. The fourth-order valence-electron chi connectivity index (χ4n) is 15.8. The average Bonchev–Trinajstić information content (AvgIpc) is 0.754. The Morgan fingerprint density at radius 1 is 0.359 bits per heavy atom. The summed E-state index contributed by atoms with van der Waals surface area (Å²) in [6.45, 7) is 7.91. The summed E-state index contributed by atoms with van der Waals surface area (Å²) in [4.78, 5) is 66.5. The Morgan fingerprint density at radius 2 is 0.692 bits per heavy atom. The molecule has 117 heavy (non-hydrogen) atoms. The second-order valence-corrected chi connectivity index (χ2v) is 35.6. The van der Waals surface area contributed by atoms with Crippen LogP contribution in [0.4, 0.5) is 0 Å². The molecule has 0 aromatic carbocycles. The molecule has 10 N–H and O–H groups in total. The maximum Gasteiger partial charge on any atom is 0.472 e. The van der Waals surface area contributed by atoms with E-state index in [1.165, 1.54) is 186 Å². The van der Waals surface area contributed by atoms with Crippen molar-refractivity contribution >= 4 is 31.7 Å². The minimum Gasteiger partial charge on any atom is -0.463 e. The van der Waals surface area contributed by atoms with Crippen molar-refractivity contribution in [2.45, 2.75) is 511 Å². The molecule has 688 valence electrons. The summed E-state index contributed by atoms with van der Waals surface area (Å²) < 4.78 is 73.5. The SMILES string of the molecule is CCCCCCCC/C=C\CCCCCC(=O)OCC(COP(=O)(O)OC1C(OC2OC(CO)C(O)C(O)C2O)C(O)C(O)C(OC(=O)CCCCCCCCCCCCCCCCCC)C1OC1OC(COC(=O)CCCCCCCCCCCCCCC)C(O)C(O)C1O)OC(=O)CCCCCCCCC(C)CCCCCCCC. The van der Waals surface area contributed by atoms with Crippen LogP contribution in [0.2, 0.25) is 0 Å². The molecule has 1 saturated carbocycles. The highest BCUT2D eigenvalue weighted by molar-refractivity contribution is 7.47. The summed E-state index contributed by atoms with van der Waals surface area (Å²) in [6.07, 6.45) is 26.4. The van der Waals surface area contributed by atoms with E-state index in [1.54, 1.807) is 0 Å². The number of esters is 4. The summed E-state index contributed by atoms with van der Waals surface area (Å²) in [5.41, 5.74) is 0. The number of unbranched alkanes of at least 4 members (excludes halogenated alkanes) is 46. The van der Waals surface area contributed by atoms with E-state index in [0.29, 0.717) is 38.0 Å². The van der Waals surface area contributed by atoms with Crippen molar-refractivity contribution in [3.05, 3.63) is 12.2 Å². The van der Waals surface area contributed by atoms with Gasteiger partial charge in [-0.3, -0.25) is 28.2 Å². The van der Waals surface area contributed by atoms with Crippen LogP contribution in [0.3, 0.4) is 0 Å². The molecule has 2 heterocycles. The molecule has 19 unspecified atom stereocenters. The van der Waals surface area contributed by atoms with Gasteiger partial charge in [0, 0.05) is 25.7 Å². The van der Waals surface area contributed by atoms with Gasteiger partial charge in [-0.25, -0.2) is 4.57 Å². The largest absolute Gasteiger partial charge is 0.472 e. The highest BCUT2D eigenvalue weighted by Gasteiger charge is 2.60. The third kappa shape index (κ3) is 50.1. The molecular formula is C91H169O25P. The molecule has 2 aliphatic heterocycles. The lowest BCUT2D eigenvalue weighted by Crippen LogP contribution is -2.70. The zero-order valence-corrected chi connectivity index (χ0v) is 74.3. The highest BCUT2D eigenvalue weighted by atomic mass is 31.2. The number of hydrogen-bond donors (Lipinski definition) is 10. The van der Waals surface area contributed by atoms with E-state index in [0.717, 1.165) is 128 Å². The Labute approximate surface area is 705 Å². The molecule has 0 amide bonds. The van der Waals surface area contributed by atoms with Gasteiger partial charge >= 0.3 is 31.7 Å². The number of hydrogen-bond acceptors (Lipinski definition) is 24. The predicted molar refractivity (Wildman–Crippen MR) is 453 cm³/mol. The van der Waals surface area contributed by atoms with E-state index in [9.17, 15) is 74.6 Å². The van der Waals surface area contributed by atoms with Gasteiger partial charge in [0.1, 0.15) is 92.6 Å². The quantitative estimate of drug-likeness (QED) is 0.00889. The van der Waals surface area contributed by atoms with Crippen LogP contribution in [0.15, 0.2) is 12.2 Å². The lowest BCUT2D eigenvalue weighted by Gasteiger charge is -2.50. The minimum absolute atomic E-state index is 0.0157. The van der Waals surface area contributed by atoms with Gasteiger partial charge in [0.25, 0.3) is 0 Å². The van der Waals surface area contributed by atoms with Crippen molar-refractivity contribution in [1.29, 1.82) is 0 Å². The molecule has 1 aliphatic carbocycles. The van der Waals surface area contributed by atoms with Crippen LogP contribution in [0.25, 0.3) is 0 Å². The van der Waals surface area contributed by atoms with Crippen molar-refractivity contribution in [2.24, 2.45) is 5.92 Å². The first-order chi connectivity index (χ1) is 56.6. The number of aliphatic hydroxyl groups excluding tert-OH is 9. The maximum atomic E-state index is 14.9. The van der Waals surface area contributed by atoms with Gasteiger partial charge in [-0.2, -0.15) is 0 Å². The number of carbonyl (C=O) groups excluding carboxylic acids is 4. The van der Waals surface area contributed by atoms with Crippen molar-refractivity contribution in [1.82, 2.24) is 0 Å². The first-order valence-corrected chi connectivity index (χ1v) is 48.8. The van der Waals surface area contributed by atoms with Crippen LogP contribution in [-0.2, 0) is 70.7 Å². The van der Waals surface area contributed by atoms with Crippen LogP contribution in [-0.4, -0.2) is 205 Å². The Balaban J connectivity index is 1.93. The summed E-state index contributed by atoms with van der Waals surface area (Å²) in [7, 11) is -5.81. The molecule has 0 aromatic heterocycles. The fourth-order valence-corrected chi connectivity index (χ4v) is 16.8. The van der Waals surface area contributed by atoms with Crippen molar-refractivity contribution in [3.8, 4) is 0 Å². The third-order valence-electron chi connectivity index (χ3n) is 23.4. The zero-order valence-electron chi connectivity index (χ0n) is 73.4. The number of carbonyl (C=O) groups is 4. The zero-order chi connectivity index (χ0) is 85.5. The molecule has 0 spiro atoms. The van der Waals surface area contributed by atoms with E-state index in [2.05, 4.69) is 46.8 Å². The van der Waals surface area contributed by atoms with E-state index >= 15 is 0 Å². The first-order valence-electron chi connectivity index (χ1n) is 47.3. The van der Waals surface area contributed by atoms with E-state index in [1.807, 2.05) is 0 Å². The van der Waals surface area contributed by atoms with Gasteiger partial charge in [0.05, 0.1) is 13.2 Å². The number of allylic oxidation sites excluding steroid dienone is 2. The summed E-state index contributed by atoms with van der Waals surface area (Å²) in [5.74, 6) is -2.30. The van der Waals surface area contributed by atoms with Crippen LogP contribution in [0.1, 0.15) is 407 Å². The second-order valence-electron chi connectivity index (χ2n) is 34.2. The van der Waals surface area contributed by atoms with Gasteiger partial charge in [-0.05, 0) is 57.3 Å². The highest BCUT2D eigenvalue weighted by Crippen LogP contribution is 2.49. The molecule has 26 heteroatoms. The monoisotopic (exact) mass is 1690 g/mol. The Bertz CT molecular complexity index is 2500. The standard InChI is InChI=1S/C91H169O25P/c1-6-10-14-18-22-25-28-31-32-33-36-39-42-45-52-59-65-77(96)113-86-82(101)83(102)87(114-90-84(103)80(99)78(97)72(66-92)111-90)89(88(86)115-91-85(104)81(100)79(98)73(112-91)69-108-75(94)63-57-51-44-41-38-35-30-27-24-20-16-12-8-3)116-117(105,106)109-68-71(67-107-74(93)62-56-50-43-40-37-34-29-26-23-19-15-11-7-2)110-76(95)64-58-53-47-46-49-55-61-70(5)60-54-48-21-17-13-9-4/h34,37,70-73,78-92,97-104H,6-33,35-36,38-69H2,1-5H3,(H,105,106)/b37-34-. The molecule has 3 aliphatic rings.